The molecule has 0 atom stereocenters. The number of benzene rings is 1. The van der Waals surface area contributed by atoms with Crippen molar-refractivity contribution in [2.75, 3.05) is 38.8 Å². The van der Waals surface area contributed by atoms with Crippen LogP contribution in [0.3, 0.4) is 0 Å². The van der Waals surface area contributed by atoms with Gasteiger partial charge in [0.15, 0.2) is 18.9 Å². The molecule has 148 valence electrons. The Balaban J connectivity index is 1.82. The molecule has 2 rings (SSSR count). The van der Waals surface area contributed by atoms with Gasteiger partial charge in [-0.2, -0.15) is 0 Å². The van der Waals surface area contributed by atoms with E-state index in [1.807, 2.05) is 36.7 Å². The molecule has 0 spiro atoms. The van der Waals surface area contributed by atoms with Gasteiger partial charge in [-0.25, -0.2) is 4.57 Å². The number of hydrogen-bond donors (Lipinski definition) is 1. The summed E-state index contributed by atoms with van der Waals surface area (Å²) in [5.41, 5.74) is 3.62. The van der Waals surface area contributed by atoms with Crippen LogP contribution in [-0.2, 0) is 6.54 Å². The quantitative estimate of drug-likeness (QED) is 0.626. The molecule has 0 saturated heterocycles. The van der Waals surface area contributed by atoms with Crippen molar-refractivity contribution in [1.29, 1.82) is 0 Å². The second kappa shape index (κ2) is 11.4. The summed E-state index contributed by atoms with van der Waals surface area (Å²) in [7, 11) is 8.14. The van der Waals surface area contributed by atoms with E-state index in [0.29, 0.717) is 0 Å². The van der Waals surface area contributed by atoms with Gasteiger partial charge in [0.25, 0.3) is 0 Å². The molecule has 0 aliphatic rings. The Kier molecular flexibility index (Phi) is 8.85. The number of nitrogens with zero attached hydrogens (tertiary/aromatic N) is 3. The number of rotatable bonds is 10. The first-order valence-corrected chi connectivity index (χ1v) is 10.4. The average Bonchev–Trinajstić information content (AvgIpc) is 2.71. The number of hydrogen-bond acceptors (Lipinski definition) is 3. The highest BCUT2D eigenvalue weighted by Gasteiger charge is 2.04. The van der Waals surface area contributed by atoms with Gasteiger partial charge in [-0.05, 0) is 23.3 Å². The minimum absolute atomic E-state index is 0.955. The number of anilines is 1. The molecule has 4 nitrogen and oxygen atoms in total. The van der Waals surface area contributed by atoms with E-state index < -0.39 is 0 Å². The maximum absolute atomic E-state index is 4.12. The highest BCUT2D eigenvalue weighted by Crippen LogP contribution is 2.16. The summed E-state index contributed by atoms with van der Waals surface area (Å²) < 4.78 is 2.21. The van der Waals surface area contributed by atoms with E-state index >= 15 is 0 Å². The summed E-state index contributed by atoms with van der Waals surface area (Å²) in [6, 6.07) is 12.9. The predicted molar refractivity (Wildman–Crippen MR) is 123 cm³/mol. The molecule has 28 heavy (non-hydrogen) atoms. The SMILES string of the molecule is C=C(SCC[n+]1ccc(/C=C/c2ccc(N(C)C)cc2)cc1)N(C)/C=C\[NH2+]C. The van der Waals surface area contributed by atoms with Crippen molar-refractivity contribution in [2.45, 2.75) is 6.54 Å². The second-order valence-corrected chi connectivity index (χ2v) is 7.88. The first-order valence-electron chi connectivity index (χ1n) is 9.45. The zero-order chi connectivity index (χ0) is 20.4. The number of thioether (sulfide) groups is 1. The number of aryl methyl sites for hydroxylation is 1. The van der Waals surface area contributed by atoms with Crippen LogP contribution in [0, 0.1) is 0 Å². The Labute approximate surface area is 173 Å². The lowest BCUT2D eigenvalue weighted by molar-refractivity contribution is -0.692. The highest BCUT2D eigenvalue weighted by molar-refractivity contribution is 8.02. The molecule has 0 unspecified atom stereocenters. The zero-order valence-electron chi connectivity index (χ0n) is 17.4. The van der Waals surface area contributed by atoms with Crippen molar-refractivity contribution in [3.8, 4) is 0 Å². The predicted octanol–water partition coefficient (Wildman–Crippen LogP) is 3.01. The van der Waals surface area contributed by atoms with Gasteiger partial charge in [-0.15, -0.1) is 11.8 Å². The fraction of sp³-hybridized carbons (Fsp3) is 0.261. The van der Waals surface area contributed by atoms with Gasteiger partial charge in [0, 0.05) is 39.0 Å². The Bertz CT molecular complexity index is 792. The summed E-state index contributed by atoms with van der Waals surface area (Å²) in [4.78, 5) is 4.16. The smallest absolute Gasteiger partial charge is 0.169 e. The lowest BCUT2D eigenvalue weighted by Gasteiger charge is -2.14. The van der Waals surface area contributed by atoms with Gasteiger partial charge >= 0.3 is 0 Å². The van der Waals surface area contributed by atoms with Crippen LogP contribution in [0.4, 0.5) is 5.69 Å². The largest absolute Gasteiger partial charge is 0.378 e. The molecule has 0 fully saturated rings. The minimum Gasteiger partial charge on any atom is -0.378 e. The van der Waals surface area contributed by atoms with Gasteiger partial charge in [0.05, 0.1) is 24.0 Å². The van der Waals surface area contributed by atoms with E-state index in [9.17, 15) is 0 Å². The summed E-state index contributed by atoms with van der Waals surface area (Å²) in [6.07, 6.45) is 12.6. The van der Waals surface area contributed by atoms with E-state index in [1.54, 1.807) is 11.8 Å². The average molecular weight is 397 g/mol. The summed E-state index contributed by atoms with van der Waals surface area (Å²) in [5, 5.41) is 3.07. The Morgan fingerprint density at radius 1 is 1.04 bits per heavy atom. The van der Waals surface area contributed by atoms with Crippen LogP contribution in [-0.4, -0.2) is 38.8 Å². The Morgan fingerprint density at radius 2 is 1.64 bits per heavy atom. The van der Waals surface area contributed by atoms with Crippen molar-refractivity contribution < 1.29 is 9.88 Å². The van der Waals surface area contributed by atoms with Crippen molar-refractivity contribution in [3.05, 3.63) is 83.9 Å². The fourth-order valence-electron chi connectivity index (χ4n) is 2.47. The van der Waals surface area contributed by atoms with Gasteiger partial charge in [0.1, 0.15) is 6.20 Å². The molecule has 2 aromatic rings. The van der Waals surface area contributed by atoms with Crippen LogP contribution in [0.1, 0.15) is 11.1 Å². The van der Waals surface area contributed by atoms with Crippen molar-refractivity contribution in [2.24, 2.45) is 0 Å². The normalized spacial score (nSPS) is 11.3. The van der Waals surface area contributed by atoms with E-state index in [0.717, 1.165) is 17.3 Å². The zero-order valence-corrected chi connectivity index (χ0v) is 18.2. The number of aromatic nitrogens is 1. The molecule has 0 amide bonds. The molecule has 1 aromatic carbocycles. The van der Waals surface area contributed by atoms with Crippen LogP contribution in [0.15, 0.2) is 72.8 Å². The fourth-order valence-corrected chi connectivity index (χ4v) is 3.28. The van der Waals surface area contributed by atoms with Crippen LogP contribution in [0.2, 0.25) is 0 Å². The van der Waals surface area contributed by atoms with Crippen LogP contribution >= 0.6 is 11.8 Å². The van der Waals surface area contributed by atoms with E-state index in [2.05, 4.69) is 91.1 Å². The van der Waals surface area contributed by atoms with Gasteiger partial charge < -0.3 is 15.1 Å². The molecule has 0 aliphatic heterocycles. The third-order valence-corrected chi connectivity index (χ3v) is 5.32. The number of nitrogens with two attached hydrogens (primary N) is 1. The Hall–Kier alpha value is -2.50. The summed E-state index contributed by atoms with van der Waals surface area (Å²) >= 11 is 1.77. The molecule has 1 heterocycles. The number of pyridine rings is 1. The van der Waals surface area contributed by atoms with Crippen molar-refractivity contribution in [1.82, 2.24) is 4.90 Å². The molecule has 0 radical (unpaired) electrons. The third-order valence-electron chi connectivity index (χ3n) is 4.31. The van der Waals surface area contributed by atoms with Crippen LogP contribution in [0.5, 0.6) is 0 Å². The molecule has 5 heteroatoms. The molecule has 0 aliphatic carbocycles. The third kappa shape index (κ3) is 7.25. The number of quaternary nitrogens is 1. The first-order chi connectivity index (χ1) is 13.5. The monoisotopic (exact) mass is 396 g/mol. The molecular formula is C23H32N4S+2. The maximum Gasteiger partial charge on any atom is 0.169 e. The van der Waals surface area contributed by atoms with Gasteiger partial charge in [-0.1, -0.05) is 30.9 Å². The second-order valence-electron chi connectivity index (χ2n) is 6.72. The van der Waals surface area contributed by atoms with Gasteiger partial charge in [0.2, 0.25) is 0 Å². The van der Waals surface area contributed by atoms with Gasteiger partial charge in [-0.3, -0.25) is 0 Å². The standard InChI is InChI=1S/C23H31N4S/c1-20(26(5)17-14-24-2)28-19-18-27-15-12-22(13-16-27)7-6-21-8-10-23(11-9-21)25(3)4/h6-17,24H,1,18-19H2,2-5H3/q+1/p+1/b17-14-. The van der Waals surface area contributed by atoms with Crippen molar-refractivity contribution in [3.63, 3.8) is 0 Å². The first kappa shape index (κ1) is 21.8. The lowest BCUT2D eigenvalue weighted by atomic mass is 10.1. The summed E-state index contributed by atoms with van der Waals surface area (Å²) in [5.74, 6) is 0.991. The maximum atomic E-state index is 4.12. The Morgan fingerprint density at radius 3 is 2.21 bits per heavy atom. The molecule has 0 saturated carbocycles. The lowest BCUT2D eigenvalue weighted by Crippen LogP contribution is -2.72. The highest BCUT2D eigenvalue weighted by atomic mass is 32.2. The van der Waals surface area contributed by atoms with Crippen LogP contribution < -0.4 is 14.8 Å². The molecule has 1 aromatic heterocycles. The molecule has 2 N–H and O–H groups in total. The topological polar surface area (TPSA) is 27.0 Å². The van der Waals surface area contributed by atoms with E-state index in [1.165, 1.54) is 16.8 Å². The molecular weight excluding hydrogens is 364 g/mol. The van der Waals surface area contributed by atoms with Crippen molar-refractivity contribution >= 4 is 29.6 Å². The minimum atomic E-state index is 0.955. The molecule has 0 bridgehead atoms. The van der Waals surface area contributed by atoms with E-state index in [4.69, 9.17) is 0 Å². The summed E-state index contributed by atoms with van der Waals surface area (Å²) in [6.45, 7) is 5.08. The van der Waals surface area contributed by atoms with Crippen LogP contribution in [0.25, 0.3) is 12.2 Å². The van der Waals surface area contributed by atoms with E-state index in [-0.39, 0.29) is 0 Å².